The third-order valence-electron chi connectivity index (χ3n) is 4.14. The normalized spacial score (nSPS) is 25.8. The van der Waals surface area contributed by atoms with E-state index in [9.17, 15) is 13.2 Å². The van der Waals surface area contributed by atoms with Gasteiger partial charge >= 0.3 is 6.36 Å². The number of halogens is 3. The first-order chi connectivity index (χ1) is 8.75. The van der Waals surface area contributed by atoms with Crippen LogP contribution in [0.5, 0.6) is 5.75 Å². The fourth-order valence-corrected chi connectivity index (χ4v) is 2.93. The maximum Gasteiger partial charge on any atom is 0.573 e. The van der Waals surface area contributed by atoms with E-state index in [0.717, 1.165) is 6.42 Å². The zero-order valence-corrected chi connectivity index (χ0v) is 11.2. The van der Waals surface area contributed by atoms with Gasteiger partial charge in [-0.3, -0.25) is 0 Å². The third-order valence-corrected chi connectivity index (χ3v) is 4.14. The molecule has 106 valence electrons. The second kappa shape index (κ2) is 4.71. The molecule has 0 spiro atoms. The second-order valence-corrected chi connectivity index (χ2v) is 5.54. The van der Waals surface area contributed by atoms with Crippen LogP contribution in [-0.4, -0.2) is 19.5 Å². The van der Waals surface area contributed by atoms with Gasteiger partial charge in [-0.1, -0.05) is 32.0 Å². The van der Waals surface area contributed by atoms with E-state index in [2.05, 4.69) is 23.9 Å². The molecule has 0 bridgehead atoms. The molecule has 2 nitrogen and oxygen atoms in total. The Hall–Kier alpha value is -1.23. The maximum absolute atomic E-state index is 12.4. The van der Waals surface area contributed by atoms with Crippen molar-refractivity contribution in [3.05, 3.63) is 29.8 Å². The van der Waals surface area contributed by atoms with Crippen LogP contribution in [0.2, 0.25) is 0 Å². The van der Waals surface area contributed by atoms with Crippen molar-refractivity contribution in [2.75, 3.05) is 7.05 Å². The molecule has 19 heavy (non-hydrogen) atoms. The molecule has 2 atom stereocenters. The van der Waals surface area contributed by atoms with Crippen molar-refractivity contribution >= 4 is 0 Å². The highest BCUT2D eigenvalue weighted by Gasteiger charge is 2.49. The number of ether oxygens (including phenoxy) is 1. The summed E-state index contributed by atoms with van der Waals surface area (Å²) in [4.78, 5) is 0. The van der Waals surface area contributed by atoms with E-state index in [4.69, 9.17) is 0 Å². The molecular weight excluding hydrogens is 255 g/mol. The molecule has 5 heteroatoms. The van der Waals surface area contributed by atoms with Crippen molar-refractivity contribution in [1.29, 1.82) is 0 Å². The number of nitrogens with one attached hydrogen (secondary N) is 1. The molecule has 1 aliphatic rings. The summed E-state index contributed by atoms with van der Waals surface area (Å²) in [7, 11) is 1.88. The van der Waals surface area contributed by atoms with E-state index in [1.54, 1.807) is 18.2 Å². The van der Waals surface area contributed by atoms with E-state index >= 15 is 0 Å². The van der Waals surface area contributed by atoms with E-state index < -0.39 is 6.36 Å². The number of benzene rings is 1. The highest BCUT2D eigenvalue weighted by molar-refractivity contribution is 5.40. The minimum absolute atomic E-state index is 0.0727. The van der Waals surface area contributed by atoms with Crippen LogP contribution in [0.1, 0.15) is 31.7 Å². The topological polar surface area (TPSA) is 21.3 Å². The predicted molar refractivity (Wildman–Crippen MR) is 67.1 cm³/mol. The zero-order chi connectivity index (χ0) is 14.3. The van der Waals surface area contributed by atoms with Gasteiger partial charge in [-0.05, 0) is 36.4 Å². The maximum atomic E-state index is 12.4. The lowest BCUT2D eigenvalue weighted by atomic mass is 9.56. The number of hydrogen-bond acceptors (Lipinski definition) is 2. The molecule has 1 N–H and O–H groups in total. The number of para-hydroxylation sites is 1. The van der Waals surface area contributed by atoms with Gasteiger partial charge in [0.1, 0.15) is 5.75 Å². The van der Waals surface area contributed by atoms with Gasteiger partial charge in [0, 0.05) is 6.04 Å². The molecule has 0 aromatic heterocycles. The molecule has 1 aromatic carbocycles. The zero-order valence-electron chi connectivity index (χ0n) is 11.2. The van der Waals surface area contributed by atoms with Crippen LogP contribution in [-0.2, 0) is 0 Å². The number of alkyl halides is 3. The highest BCUT2D eigenvalue weighted by Crippen LogP contribution is 2.54. The minimum Gasteiger partial charge on any atom is -0.405 e. The fraction of sp³-hybridized carbons (Fsp3) is 0.571. The van der Waals surface area contributed by atoms with Gasteiger partial charge in [-0.25, -0.2) is 0 Å². The van der Waals surface area contributed by atoms with Gasteiger partial charge in [0.25, 0.3) is 0 Å². The van der Waals surface area contributed by atoms with Gasteiger partial charge in [-0.2, -0.15) is 0 Å². The molecule has 1 aliphatic carbocycles. The average Bonchev–Trinajstić information content (AvgIpc) is 2.28. The average molecular weight is 273 g/mol. The highest BCUT2D eigenvalue weighted by atomic mass is 19.4. The molecule has 0 heterocycles. The summed E-state index contributed by atoms with van der Waals surface area (Å²) in [6.45, 7) is 4.12. The van der Waals surface area contributed by atoms with E-state index in [0.29, 0.717) is 11.6 Å². The summed E-state index contributed by atoms with van der Waals surface area (Å²) in [6, 6.07) is 6.73. The van der Waals surface area contributed by atoms with Crippen molar-refractivity contribution < 1.29 is 17.9 Å². The summed E-state index contributed by atoms with van der Waals surface area (Å²) in [5.74, 6) is -0.00821. The first kappa shape index (κ1) is 14.2. The van der Waals surface area contributed by atoms with Crippen LogP contribution < -0.4 is 10.1 Å². The Balaban J connectivity index is 2.27. The molecule has 0 aliphatic heterocycles. The van der Waals surface area contributed by atoms with Gasteiger partial charge < -0.3 is 10.1 Å². The van der Waals surface area contributed by atoms with E-state index in [1.165, 1.54) is 6.07 Å². The van der Waals surface area contributed by atoms with Crippen molar-refractivity contribution in [2.45, 2.75) is 38.6 Å². The smallest absolute Gasteiger partial charge is 0.405 e. The van der Waals surface area contributed by atoms with Crippen molar-refractivity contribution in [1.82, 2.24) is 5.32 Å². The minimum atomic E-state index is -4.65. The van der Waals surface area contributed by atoms with Gasteiger partial charge in [0.15, 0.2) is 0 Å². The molecule has 1 fully saturated rings. The summed E-state index contributed by atoms with van der Waals surface area (Å²) in [6.07, 6.45) is -3.83. The molecule has 2 rings (SSSR count). The van der Waals surface area contributed by atoms with Crippen LogP contribution >= 0.6 is 0 Å². The summed E-state index contributed by atoms with van der Waals surface area (Å²) < 4.78 is 41.4. The molecule has 0 amide bonds. The number of rotatable bonds is 3. The first-order valence-corrected chi connectivity index (χ1v) is 6.27. The van der Waals surface area contributed by atoms with Crippen LogP contribution in [0.15, 0.2) is 24.3 Å². The molecule has 0 radical (unpaired) electrons. The second-order valence-electron chi connectivity index (χ2n) is 5.54. The van der Waals surface area contributed by atoms with Crippen LogP contribution in [0.3, 0.4) is 0 Å². The largest absolute Gasteiger partial charge is 0.573 e. The van der Waals surface area contributed by atoms with Gasteiger partial charge in [0.2, 0.25) is 0 Å². The first-order valence-electron chi connectivity index (χ1n) is 6.27. The lowest BCUT2D eigenvalue weighted by molar-refractivity contribution is -0.275. The molecule has 1 aromatic rings. The Bertz CT molecular complexity index is 456. The Kier molecular flexibility index (Phi) is 3.51. The van der Waals surface area contributed by atoms with Gasteiger partial charge in [0.05, 0.1) is 0 Å². The molecule has 2 unspecified atom stereocenters. The SMILES string of the molecule is CNC1CC(c2ccccc2OC(F)(F)F)C1(C)C. The lowest BCUT2D eigenvalue weighted by Crippen LogP contribution is -2.54. The van der Waals surface area contributed by atoms with Crippen molar-refractivity contribution in [3.8, 4) is 5.75 Å². The number of hydrogen-bond donors (Lipinski definition) is 1. The van der Waals surface area contributed by atoms with E-state index in [-0.39, 0.29) is 17.1 Å². The van der Waals surface area contributed by atoms with Crippen LogP contribution in [0.4, 0.5) is 13.2 Å². The standard InChI is InChI=1S/C14H18F3NO/c1-13(2)10(8-12(13)18-3)9-6-4-5-7-11(9)19-14(15,16)17/h4-7,10,12,18H,8H2,1-3H3. The Labute approximate surface area is 111 Å². The van der Waals surface area contributed by atoms with Crippen molar-refractivity contribution in [3.63, 3.8) is 0 Å². The van der Waals surface area contributed by atoms with Gasteiger partial charge in [-0.15, -0.1) is 13.2 Å². The summed E-state index contributed by atoms with van der Waals surface area (Å²) in [5, 5.41) is 3.20. The Morgan fingerprint density at radius 1 is 1.26 bits per heavy atom. The van der Waals surface area contributed by atoms with E-state index in [1.807, 2.05) is 7.05 Å². The van der Waals surface area contributed by atoms with Crippen molar-refractivity contribution in [2.24, 2.45) is 5.41 Å². The summed E-state index contributed by atoms with van der Waals surface area (Å²) >= 11 is 0. The fourth-order valence-electron chi connectivity index (χ4n) is 2.93. The molecule has 1 saturated carbocycles. The monoisotopic (exact) mass is 273 g/mol. The Morgan fingerprint density at radius 2 is 1.89 bits per heavy atom. The summed E-state index contributed by atoms with van der Waals surface area (Å²) in [5.41, 5.74) is 0.552. The van der Waals surface area contributed by atoms with Crippen LogP contribution in [0.25, 0.3) is 0 Å². The molecule has 0 saturated heterocycles. The third kappa shape index (κ3) is 2.71. The lowest BCUT2D eigenvalue weighted by Gasteiger charge is -2.52. The Morgan fingerprint density at radius 3 is 2.42 bits per heavy atom. The molecular formula is C14H18F3NO. The predicted octanol–water partition coefficient (Wildman–Crippen LogP) is 3.69. The van der Waals surface area contributed by atoms with Crippen LogP contribution in [0, 0.1) is 5.41 Å². The quantitative estimate of drug-likeness (QED) is 0.907.